The van der Waals surface area contributed by atoms with Crippen molar-refractivity contribution in [2.24, 2.45) is 0 Å². The van der Waals surface area contributed by atoms with Crippen molar-refractivity contribution < 1.29 is 4.74 Å². The molecule has 0 amide bonds. The fourth-order valence-electron chi connectivity index (χ4n) is 3.24. The highest BCUT2D eigenvalue weighted by Crippen LogP contribution is 2.21. The molecule has 0 saturated carbocycles. The molecule has 1 N–H and O–H groups in total. The van der Waals surface area contributed by atoms with Crippen LogP contribution in [0.25, 0.3) is 16.7 Å². The van der Waals surface area contributed by atoms with Crippen molar-refractivity contribution in [3.63, 3.8) is 0 Å². The van der Waals surface area contributed by atoms with Crippen LogP contribution in [0.2, 0.25) is 0 Å². The summed E-state index contributed by atoms with van der Waals surface area (Å²) in [6.07, 6.45) is 2.55. The monoisotopic (exact) mass is 402 g/mol. The second kappa shape index (κ2) is 8.45. The van der Waals surface area contributed by atoms with Crippen molar-refractivity contribution in [3.8, 4) is 11.4 Å². The second-order valence-electron chi connectivity index (χ2n) is 7.62. The van der Waals surface area contributed by atoms with Crippen LogP contribution in [-0.2, 0) is 6.42 Å². The average molecular weight is 402 g/mol. The van der Waals surface area contributed by atoms with Crippen LogP contribution >= 0.6 is 0 Å². The summed E-state index contributed by atoms with van der Waals surface area (Å²) < 4.78 is 7.38. The van der Waals surface area contributed by atoms with E-state index >= 15 is 0 Å². The number of nitrogens with one attached hydrogen (secondary N) is 1. The summed E-state index contributed by atoms with van der Waals surface area (Å²) in [6, 6.07) is 19.6. The molecule has 0 radical (unpaired) electrons. The van der Waals surface area contributed by atoms with E-state index in [1.54, 1.807) is 10.8 Å². The molecular formula is C24H26N4O2. The minimum atomic E-state index is -0.134. The number of ether oxygens (including phenoxy) is 1. The number of rotatable bonds is 7. The Morgan fingerprint density at radius 2 is 1.90 bits per heavy atom. The van der Waals surface area contributed by atoms with Gasteiger partial charge in [0, 0.05) is 31.8 Å². The Balaban J connectivity index is 1.51. The van der Waals surface area contributed by atoms with Gasteiger partial charge in [-0.3, -0.25) is 9.36 Å². The smallest absolute Gasteiger partial charge is 0.258 e. The molecule has 0 aliphatic heterocycles. The lowest BCUT2D eigenvalue weighted by Gasteiger charge is -2.19. The second-order valence-corrected chi connectivity index (χ2v) is 7.62. The highest BCUT2D eigenvalue weighted by atomic mass is 16.5. The van der Waals surface area contributed by atoms with E-state index in [-0.39, 0.29) is 5.56 Å². The molecule has 0 aliphatic carbocycles. The van der Waals surface area contributed by atoms with Crippen LogP contribution in [0.15, 0.2) is 71.7 Å². The lowest BCUT2D eigenvalue weighted by molar-refractivity contribution is 0.321. The first-order chi connectivity index (χ1) is 14.5. The molecule has 30 heavy (non-hydrogen) atoms. The number of hydrogen-bond donors (Lipinski definition) is 1. The van der Waals surface area contributed by atoms with E-state index in [0.717, 1.165) is 29.1 Å². The number of anilines is 1. The summed E-state index contributed by atoms with van der Waals surface area (Å²) in [6.45, 7) is 4.75. The fraction of sp³-hybridized carbons (Fsp3) is 0.250. The van der Waals surface area contributed by atoms with Crippen LogP contribution in [-0.4, -0.2) is 34.2 Å². The highest BCUT2D eigenvalue weighted by Gasteiger charge is 2.11. The van der Waals surface area contributed by atoms with E-state index in [2.05, 4.69) is 40.8 Å². The molecular weight excluding hydrogens is 376 g/mol. The molecule has 6 heteroatoms. The van der Waals surface area contributed by atoms with Gasteiger partial charge in [-0.05, 0) is 43.7 Å². The molecule has 0 atom stereocenters. The van der Waals surface area contributed by atoms with Gasteiger partial charge in [-0.2, -0.15) is 0 Å². The number of aromatic amines is 1. The van der Waals surface area contributed by atoms with E-state index in [1.165, 1.54) is 11.6 Å². The Kier molecular flexibility index (Phi) is 5.57. The van der Waals surface area contributed by atoms with E-state index < -0.39 is 0 Å². The largest absolute Gasteiger partial charge is 0.493 e. The van der Waals surface area contributed by atoms with Gasteiger partial charge in [0.1, 0.15) is 5.75 Å². The number of H-pyrrole nitrogens is 1. The highest BCUT2D eigenvalue weighted by molar-refractivity contribution is 5.80. The molecule has 2 heterocycles. The van der Waals surface area contributed by atoms with Crippen molar-refractivity contribution >= 4 is 17.0 Å². The van der Waals surface area contributed by atoms with Crippen LogP contribution in [0.3, 0.4) is 0 Å². The molecule has 4 aromatic rings. The van der Waals surface area contributed by atoms with E-state index in [0.29, 0.717) is 18.4 Å². The average Bonchev–Trinajstić information content (AvgIpc) is 3.17. The first kappa shape index (κ1) is 19.8. The molecule has 2 aromatic heterocycles. The van der Waals surface area contributed by atoms with Crippen LogP contribution in [0.1, 0.15) is 19.4 Å². The molecule has 0 unspecified atom stereocenters. The van der Waals surface area contributed by atoms with Crippen molar-refractivity contribution in [2.45, 2.75) is 26.3 Å². The fourth-order valence-corrected chi connectivity index (χ4v) is 3.24. The molecule has 0 aliphatic rings. The molecule has 0 fully saturated rings. The molecule has 2 aromatic carbocycles. The number of hydrogen-bond acceptors (Lipinski definition) is 4. The number of fused-ring (bicyclic) bond motifs is 1. The molecule has 4 rings (SSSR count). The van der Waals surface area contributed by atoms with Crippen LogP contribution in [0.5, 0.6) is 5.75 Å². The summed E-state index contributed by atoms with van der Waals surface area (Å²) in [5.41, 5.74) is 3.62. The molecule has 0 bridgehead atoms. The third kappa shape index (κ3) is 4.22. The molecule has 0 spiro atoms. The maximum atomic E-state index is 12.7. The Hall–Kier alpha value is -3.54. The Labute approximate surface area is 175 Å². The summed E-state index contributed by atoms with van der Waals surface area (Å²) in [7, 11) is 2.00. The standard InChI is InChI=1S/C24H26N4O2/c1-17(2)27(3)24-25-21-10-9-19(15-22(21)26-24)28-13-11-20(16-23(28)29)30-14-12-18-7-5-4-6-8-18/h4-11,13,15-17H,12,14H2,1-3H3,(H,25,26). The number of imidazole rings is 1. The van der Waals surface area contributed by atoms with Crippen LogP contribution < -0.4 is 15.2 Å². The van der Waals surface area contributed by atoms with Gasteiger partial charge in [0.2, 0.25) is 5.95 Å². The normalized spacial score (nSPS) is 11.2. The van der Waals surface area contributed by atoms with Crippen molar-refractivity contribution in [2.75, 3.05) is 18.6 Å². The molecule has 6 nitrogen and oxygen atoms in total. The van der Waals surface area contributed by atoms with Gasteiger partial charge in [-0.15, -0.1) is 0 Å². The summed E-state index contributed by atoms with van der Waals surface area (Å²) in [5.74, 6) is 1.39. The summed E-state index contributed by atoms with van der Waals surface area (Å²) in [4.78, 5) is 22.7. The molecule has 154 valence electrons. The predicted octanol–water partition coefficient (Wildman–Crippen LogP) is 4.18. The predicted molar refractivity (Wildman–Crippen MR) is 121 cm³/mol. The Bertz CT molecular complexity index is 1190. The number of benzene rings is 2. The number of pyridine rings is 1. The minimum Gasteiger partial charge on any atom is -0.493 e. The third-order valence-electron chi connectivity index (χ3n) is 5.23. The SMILES string of the molecule is CC(C)N(C)c1nc2ccc(-n3ccc(OCCc4ccccc4)cc3=O)cc2[nH]1. The first-order valence-corrected chi connectivity index (χ1v) is 10.1. The Morgan fingerprint density at radius 3 is 2.63 bits per heavy atom. The van der Waals surface area contributed by atoms with Crippen molar-refractivity contribution in [1.29, 1.82) is 0 Å². The lowest BCUT2D eigenvalue weighted by Crippen LogP contribution is -2.26. The van der Waals surface area contributed by atoms with Gasteiger partial charge in [-0.25, -0.2) is 4.98 Å². The van der Waals surface area contributed by atoms with Crippen LogP contribution in [0, 0.1) is 0 Å². The van der Waals surface area contributed by atoms with Gasteiger partial charge >= 0.3 is 0 Å². The van der Waals surface area contributed by atoms with E-state index in [9.17, 15) is 4.79 Å². The zero-order valence-corrected chi connectivity index (χ0v) is 17.5. The van der Waals surface area contributed by atoms with Gasteiger partial charge < -0.3 is 14.6 Å². The maximum absolute atomic E-state index is 12.7. The summed E-state index contributed by atoms with van der Waals surface area (Å²) in [5, 5.41) is 0. The number of aromatic nitrogens is 3. The van der Waals surface area contributed by atoms with Gasteiger partial charge in [-0.1, -0.05) is 30.3 Å². The van der Waals surface area contributed by atoms with E-state index in [1.807, 2.05) is 49.5 Å². The topological polar surface area (TPSA) is 63.1 Å². The zero-order valence-electron chi connectivity index (χ0n) is 17.5. The van der Waals surface area contributed by atoms with Crippen molar-refractivity contribution in [3.05, 3.63) is 82.8 Å². The zero-order chi connectivity index (χ0) is 21.1. The summed E-state index contributed by atoms with van der Waals surface area (Å²) >= 11 is 0. The lowest BCUT2D eigenvalue weighted by atomic mass is 10.2. The number of nitrogens with zero attached hydrogens (tertiary/aromatic N) is 3. The van der Waals surface area contributed by atoms with Gasteiger partial charge in [0.25, 0.3) is 5.56 Å². The van der Waals surface area contributed by atoms with Gasteiger partial charge in [0.05, 0.1) is 23.3 Å². The maximum Gasteiger partial charge on any atom is 0.258 e. The first-order valence-electron chi connectivity index (χ1n) is 10.1. The Morgan fingerprint density at radius 1 is 1.10 bits per heavy atom. The third-order valence-corrected chi connectivity index (χ3v) is 5.23. The van der Waals surface area contributed by atoms with Crippen molar-refractivity contribution in [1.82, 2.24) is 14.5 Å². The van der Waals surface area contributed by atoms with E-state index in [4.69, 9.17) is 4.74 Å². The minimum absolute atomic E-state index is 0.134. The van der Waals surface area contributed by atoms with Gasteiger partial charge in [0.15, 0.2) is 0 Å². The molecule has 0 saturated heterocycles. The quantitative estimate of drug-likeness (QED) is 0.504. The van der Waals surface area contributed by atoms with Crippen LogP contribution in [0.4, 0.5) is 5.95 Å².